The molecule has 0 bridgehead atoms. The number of amides is 1. The van der Waals surface area contributed by atoms with E-state index in [1.165, 1.54) is 18.4 Å². The average molecular weight is 345 g/mol. The highest BCUT2D eigenvalue weighted by Gasteiger charge is 2.43. The fraction of sp³-hybridized carbons (Fsp3) is 0.789. The van der Waals surface area contributed by atoms with Crippen molar-refractivity contribution in [3.05, 3.63) is 18.0 Å². The molecule has 0 aliphatic carbocycles. The molecule has 1 atom stereocenters. The molecule has 1 amide bonds. The second kappa shape index (κ2) is 7.08. The Hall–Kier alpha value is -1.40. The van der Waals surface area contributed by atoms with Gasteiger partial charge in [-0.05, 0) is 69.0 Å². The summed E-state index contributed by atoms with van der Waals surface area (Å²) in [6.07, 6.45) is 9.64. The summed E-state index contributed by atoms with van der Waals surface area (Å²) in [5, 5.41) is 11.4. The van der Waals surface area contributed by atoms with Gasteiger partial charge in [0.2, 0.25) is 5.91 Å². The molecule has 1 aromatic rings. The number of rotatable bonds is 3. The Morgan fingerprint density at radius 2 is 2.08 bits per heavy atom. The van der Waals surface area contributed by atoms with Gasteiger partial charge in [0.25, 0.3) is 0 Å². The van der Waals surface area contributed by atoms with E-state index >= 15 is 0 Å². The number of hydrogen-bond acceptors (Lipinski definition) is 4. The predicted molar refractivity (Wildman–Crippen MR) is 97.2 cm³/mol. The van der Waals surface area contributed by atoms with Crippen LogP contribution in [0.1, 0.15) is 37.7 Å². The Morgan fingerprint density at radius 1 is 1.32 bits per heavy atom. The largest absolute Gasteiger partial charge is 0.341 e. The predicted octanol–water partition coefficient (Wildman–Crippen LogP) is 1.16. The fourth-order valence-corrected chi connectivity index (χ4v) is 4.82. The molecule has 6 nitrogen and oxygen atoms in total. The van der Waals surface area contributed by atoms with Crippen molar-refractivity contribution in [3.63, 3.8) is 0 Å². The zero-order chi connectivity index (χ0) is 17.3. The number of likely N-dealkylation sites (tertiary alicyclic amines) is 1. The molecule has 6 heteroatoms. The standard InChI is InChI=1S/C19H31N5O/c1-15-11-22-24(12-15)13-16-2-8-23(9-3-16)18(25)17-10-19(14-21-17)4-6-20-7-5-19/h11-12,16-17,20-21H,2-10,13-14H2,1H3. The molecule has 4 rings (SSSR count). The highest BCUT2D eigenvalue weighted by molar-refractivity contribution is 5.82. The molecule has 0 radical (unpaired) electrons. The Labute approximate surface area is 150 Å². The summed E-state index contributed by atoms with van der Waals surface area (Å²) in [6.45, 7) is 8.07. The number of carbonyl (C=O) groups is 1. The average Bonchev–Trinajstić information content (AvgIpc) is 3.22. The van der Waals surface area contributed by atoms with Crippen LogP contribution in [0.2, 0.25) is 0 Å². The molecule has 2 N–H and O–H groups in total. The van der Waals surface area contributed by atoms with Crippen LogP contribution < -0.4 is 10.6 Å². The van der Waals surface area contributed by atoms with Crippen molar-refractivity contribution in [2.24, 2.45) is 11.3 Å². The fourth-order valence-electron chi connectivity index (χ4n) is 4.82. The summed E-state index contributed by atoms with van der Waals surface area (Å²) in [5.41, 5.74) is 1.58. The van der Waals surface area contributed by atoms with Crippen LogP contribution in [0.5, 0.6) is 0 Å². The summed E-state index contributed by atoms with van der Waals surface area (Å²) in [7, 11) is 0. The molecule has 1 unspecified atom stereocenters. The lowest BCUT2D eigenvalue weighted by Crippen LogP contribution is -2.47. The van der Waals surface area contributed by atoms with E-state index in [0.29, 0.717) is 17.2 Å². The minimum atomic E-state index is 0.0448. The molecule has 25 heavy (non-hydrogen) atoms. The lowest BCUT2D eigenvalue weighted by molar-refractivity contribution is -0.134. The zero-order valence-corrected chi connectivity index (χ0v) is 15.3. The molecule has 138 valence electrons. The van der Waals surface area contributed by atoms with E-state index in [1.807, 2.05) is 6.20 Å². The van der Waals surface area contributed by atoms with Gasteiger partial charge in [-0.1, -0.05) is 0 Å². The molecule has 3 fully saturated rings. The second-order valence-corrected chi connectivity index (χ2v) is 8.40. The first-order valence-corrected chi connectivity index (χ1v) is 9.86. The molecule has 3 aliphatic rings. The zero-order valence-electron chi connectivity index (χ0n) is 15.3. The van der Waals surface area contributed by atoms with Crippen molar-refractivity contribution in [1.82, 2.24) is 25.3 Å². The lowest BCUT2D eigenvalue weighted by atomic mass is 9.77. The quantitative estimate of drug-likeness (QED) is 0.863. The van der Waals surface area contributed by atoms with Crippen LogP contribution >= 0.6 is 0 Å². The summed E-state index contributed by atoms with van der Waals surface area (Å²) in [4.78, 5) is 15.0. The number of aromatic nitrogens is 2. The van der Waals surface area contributed by atoms with Crippen molar-refractivity contribution in [2.75, 3.05) is 32.7 Å². The topological polar surface area (TPSA) is 62.2 Å². The molecule has 1 aromatic heterocycles. The first-order valence-electron chi connectivity index (χ1n) is 9.86. The number of aryl methyl sites for hydroxylation is 1. The van der Waals surface area contributed by atoms with Gasteiger partial charge in [0.1, 0.15) is 0 Å². The first-order chi connectivity index (χ1) is 12.1. The van der Waals surface area contributed by atoms with Crippen LogP contribution in [0, 0.1) is 18.3 Å². The third kappa shape index (κ3) is 3.75. The number of carbonyl (C=O) groups excluding carboxylic acids is 1. The maximum absolute atomic E-state index is 12.9. The highest BCUT2D eigenvalue weighted by atomic mass is 16.2. The van der Waals surface area contributed by atoms with Crippen molar-refractivity contribution >= 4 is 5.91 Å². The molecular formula is C19H31N5O. The van der Waals surface area contributed by atoms with Gasteiger partial charge < -0.3 is 15.5 Å². The summed E-state index contributed by atoms with van der Waals surface area (Å²) in [5.74, 6) is 0.972. The van der Waals surface area contributed by atoms with Gasteiger partial charge in [-0.15, -0.1) is 0 Å². The highest BCUT2D eigenvalue weighted by Crippen LogP contribution is 2.38. The van der Waals surface area contributed by atoms with E-state index in [1.54, 1.807) is 0 Å². The van der Waals surface area contributed by atoms with E-state index < -0.39 is 0 Å². The van der Waals surface area contributed by atoms with Gasteiger partial charge in [-0.2, -0.15) is 5.10 Å². The molecular weight excluding hydrogens is 314 g/mol. The van der Waals surface area contributed by atoms with Crippen LogP contribution in [0.3, 0.4) is 0 Å². The maximum Gasteiger partial charge on any atom is 0.239 e. The van der Waals surface area contributed by atoms with Gasteiger partial charge >= 0.3 is 0 Å². The Bertz CT molecular complexity index is 599. The third-order valence-electron chi connectivity index (χ3n) is 6.46. The van der Waals surface area contributed by atoms with Crippen LogP contribution in [0.25, 0.3) is 0 Å². The Morgan fingerprint density at radius 3 is 2.76 bits per heavy atom. The smallest absolute Gasteiger partial charge is 0.239 e. The SMILES string of the molecule is Cc1cnn(CC2CCN(C(=O)C3CC4(CCNCC4)CN3)CC2)c1. The van der Waals surface area contributed by atoms with E-state index in [-0.39, 0.29) is 6.04 Å². The molecule has 0 saturated carbocycles. The van der Waals surface area contributed by atoms with Gasteiger partial charge in [0.15, 0.2) is 0 Å². The Kier molecular flexibility index (Phi) is 4.82. The third-order valence-corrected chi connectivity index (χ3v) is 6.46. The first kappa shape index (κ1) is 17.0. The Balaban J connectivity index is 1.27. The van der Waals surface area contributed by atoms with Crippen molar-refractivity contribution in [2.45, 2.75) is 51.6 Å². The summed E-state index contributed by atoms with van der Waals surface area (Å²) < 4.78 is 2.05. The number of nitrogens with one attached hydrogen (secondary N) is 2. The summed E-state index contributed by atoms with van der Waals surface area (Å²) in [6, 6.07) is 0.0448. The van der Waals surface area contributed by atoms with Crippen molar-refractivity contribution < 1.29 is 4.79 Å². The van der Waals surface area contributed by atoms with Gasteiger partial charge in [-0.25, -0.2) is 0 Å². The normalized spacial score (nSPS) is 27.1. The van der Waals surface area contributed by atoms with E-state index in [2.05, 4.69) is 38.4 Å². The van der Waals surface area contributed by atoms with Gasteiger partial charge in [-0.3, -0.25) is 9.48 Å². The van der Waals surface area contributed by atoms with Crippen LogP contribution in [0.4, 0.5) is 0 Å². The minimum Gasteiger partial charge on any atom is -0.341 e. The number of piperidine rings is 2. The molecule has 3 saturated heterocycles. The molecule has 0 aromatic carbocycles. The van der Waals surface area contributed by atoms with Gasteiger partial charge in [0, 0.05) is 32.4 Å². The van der Waals surface area contributed by atoms with Crippen molar-refractivity contribution in [3.8, 4) is 0 Å². The summed E-state index contributed by atoms with van der Waals surface area (Å²) >= 11 is 0. The lowest BCUT2D eigenvalue weighted by Gasteiger charge is -2.35. The molecule has 4 heterocycles. The molecule has 3 aliphatic heterocycles. The minimum absolute atomic E-state index is 0.0448. The van der Waals surface area contributed by atoms with E-state index in [9.17, 15) is 4.79 Å². The number of nitrogens with zero attached hydrogens (tertiary/aromatic N) is 3. The second-order valence-electron chi connectivity index (χ2n) is 8.40. The maximum atomic E-state index is 12.9. The van der Waals surface area contributed by atoms with E-state index in [4.69, 9.17) is 0 Å². The van der Waals surface area contributed by atoms with Crippen LogP contribution in [-0.2, 0) is 11.3 Å². The van der Waals surface area contributed by atoms with E-state index in [0.717, 1.165) is 58.5 Å². The van der Waals surface area contributed by atoms with Crippen molar-refractivity contribution in [1.29, 1.82) is 0 Å². The molecule has 1 spiro atoms. The van der Waals surface area contributed by atoms with Crippen LogP contribution in [0.15, 0.2) is 12.4 Å². The monoisotopic (exact) mass is 345 g/mol. The van der Waals surface area contributed by atoms with Gasteiger partial charge in [0.05, 0.1) is 12.2 Å². The number of hydrogen-bond donors (Lipinski definition) is 2. The van der Waals surface area contributed by atoms with Crippen LogP contribution in [-0.4, -0.2) is 59.4 Å².